The summed E-state index contributed by atoms with van der Waals surface area (Å²) in [4.78, 5) is 16.1. The third-order valence-corrected chi connectivity index (χ3v) is 6.02. The number of aldehydes is 1. The van der Waals surface area contributed by atoms with E-state index in [0.717, 1.165) is 22.8 Å². The Morgan fingerprint density at radius 1 is 1.17 bits per heavy atom. The van der Waals surface area contributed by atoms with Crippen LogP contribution in [0.5, 0.6) is 5.75 Å². The van der Waals surface area contributed by atoms with Crippen LogP contribution in [0.25, 0.3) is 22.0 Å². The molecule has 0 aliphatic carbocycles. The molecule has 2 heterocycles. The van der Waals surface area contributed by atoms with Crippen LogP contribution in [0.4, 0.5) is 11.4 Å². The molecule has 5 nitrogen and oxygen atoms in total. The Labute approximate surface area is 186 Å². The number of hydrogen-bond donors (Lipinski definition) is 1. The topological polar surface area (TPSA) is 75.0 Å². The number of halogens is 2. The molecule has 0 bridgehead atoms. The number of carbonyl (C=O) groups is 1. The summed E-state index contributed by atoms with van der Waals surface area (Å²) < 4.78 is 5.28. The fourth-order valence-electron chi connectivity index (χ4n) is 3.07. The molecule has 0 aliphatic rings. The zero-order chi connectivity index (χ0) is 21.3. The first-order valence-electron chi connectivity index (χ1n) is 8.71. The number of fused-ring (bicyclic) bond motifs is 1. The van der Waals surface area contributed by atoms with E-state index in [-0.39, 0.29) is 0 Å². The van der Waals surface area contributed by atoms with Gasteiger partial charge >= 0.3 is 0 Å². The molecular formula is C22H13Cl2N3O2S. The lowest BCUT2D eigenvalue weighted by molar-refractivity contribution is 0.112. The number of nitriles is 1. The average Bonchev–Trinajstić information content (AvgIpc) is 3.24. The number of nitrogens with one attached hydrogen (secondary N) is 1. The number of thiophene rings is 1. The molecule has 1 N–H and O–H groups in total. The van der Waals surface area contributed by atoms with Crippen molar-refractivity contribution >= 4 is 63.1 Å². The van der Waals surface area contributed by atoms with Crippen molar-refractivity contribution in [3.8, 4) is 22.9 Å². The monoisotopic (exact) mass is 453 g/mol. The quantitative estimate of drug-likeness (QED) is 0.340. The van der Waals surface area contributed by atoms with Gasteiger partial charge in [0, 0.05) is 17.6 Å². The van der Waals surface area contributed by atoms with Gasteiger partial charge in [-0.25, -0.2) is 0 Å². The van der Waals surface area contributed by atoms with Crippen molar-refractivity contribution in [1.82, 2.24) is 4.98 Å². The molecular weight excluding hydrogens is 441 g/mol. The largest absolute Gasteiger partial charge is 0.495 e. The lowest BCUT2D eigenvalue weighted by atomic mass is 10.0. The number of hydrogen-bond acceptors (Lipinski definition) is 6. The van der Waals surface area contributed by atoms with Crippen molar-refractivity contribution < 1.29 is 9.53 Å². The molecule has 0 saturated carbocycles. The third-order valence-electron chi connectivity index (χ3n) is 4.56. The van der Waals surface area contributed by atoms with Gasteiger partial charge in [0.15, 0.2) is 6.29 Å². The Kier molecular flexibility index (Phi) is 5.60. The van der Waals surface area contributed by atoms with Gasteiger partial charge in [-0.3, -0.25) is 9.78 Å². The fraction of sp³-hybridized carbons (Fsp3) is 0.0455. The lowest BCUT2D eigenvalue weighted by Gasteiger charge is -2.15. The van der Waals surface area contributed by atoms with Crippen molar-refractivity contribution in [2.75, 3.05) is 12.4 Å². The van der Waals surface area contributed by atoms with E-state index in [0.29, 0.717) is 43.1 Å². The molecule has 4 aromatic rings. The van der Waals surface area contributed by atoms with Gasteiger partial charge in [0.1, 0.15) is 11.8 Å². The number of methoxy groups -OCH3 is 1. The van der Waals surface area contributed by atoms with E-state index in [1.54, 1.807) is 12.1 Å². The molecule has 0 spiro atoms. The first kappa shape index (κ1) is 20.2. The van der Waals surface area contributed by atoms with Crippen molar-refractivity contribution in [1.29, 1.82) is 5.26 Å². The first-order chi connectivity index (χ1) is 14.5. The summed E-state index contributed by atoms with van der Waals surface area (Å²) >= 11 is 13.9. The highest BCUT2D eigenvalue weighted by Crippen LogP contribution is 2.38. The number of benzene rings is 2. The Bertz CT molecular complexity index is 1330. The van der Waals surface area contributed by atoms with Crippen molar-refractivity contribution in [2.45, 2.75) is 0 Å². The molecule has 0 aliphatic heterocycles. The molecule has 2 aromatic heterocycles. The number of rotatable bonds is 5. The molecule has 0 atom stereocenters. The second-order valence-corrected chi connectivity index (χ2v) is 8.10. The molecule has 0 saturated heterocycles. The molecule has 0 fully saturated rings. The zero-order valence-electron chi connectivity index (χ0n) is 15.6. The van der Waals surface area contributed by atoms with E-state index in [2.05, 4.69) is 16.4 Å². The second kappa shape index (κ2) is 8.33. The van der Waals surface area contributed by atoms with Crippen LogP contribution in [0.1, 0.15) is 15.2 Å². The highest BCUT2D eigenvalue weighted by molar-refractivity contribution is 7.12. The van der Waals surface area contributed by atoms with Crippen molar-refractivity contribution in [3.05, 3.63) is 68.5 Å². The lowest BCUT2D eigenvalue weighted by Crippen LogP contribution is -1.98. The van der Waals surface area contributed by atoms with Crippen LogP contribution in [0.15, 0.2) is 48.0 Å². The van der Waals surface area contributed by atoms with Crippen LogP contribution >= 0.6 is 34.5 Å². The third kappa shape index (κ3) is 3.71. The Morgan fingerprint density at radius 3 is 2.70 bits per heavy atom. The molecule has 148 valence electrons. The summed E-state index contributed by atoms with van der Waals surface area (Å²) in [5.41, 5.74) is 4.02. The van der Waals surface area contributed by atoms with Crippen LogP contribution in [-0.2, 0) is 0 Å². The van der Waals surface area contributed by atoms with E-state index in [1.165, 1.54) is 24.6 Å². The number of anilines is 2. The minimum Gasteiger partial charge on any atom is -0.495 e. The van der Waals surface area contributed by atoms with Crippen LogP contribution in [0.3, 0.4) is 0 Å². The number of aromatic nitrogens is 1. The minimum absolute atomic E-state index is 0.364. The van der Waals surface area contributed by atoms with Crippen molar-refractivity contribution in [2.24, 2.45) is 0 Å². The summed E-state index contributed by atoms with van der Waals surface area (Å²) in [5, 5.41) is 16.3. The zero-order valence-corrected chi connectivity index (χ0v) is 17.9. The summed E-state index contributed by atoms with van der Waals surface area (Å²) in [6, 6.07) is 13.0. The average molecular weight is 454 g/mol. The van der Waals surface area contributed by atoms with E-state index < -0.39 is 0 Å². The van der Waals surface area contributed by atoms with Gasteiger partial charge in [-0.15, -0.1) is 11.3 Å². The number of ether oxygens (including phenoxy) is 1. The minimum atomic E-state index is 0.364. The number of pyridine rings is 1. The smallest absolute Gasteiger partial charge is 0.160 e. The SMILES string of the molecule is COc1cc(Nc2c(C#N)cnc3ccc(-c4csc(C=O)c4)cc23)c(Cl)cc1Cl. The van der Waals surface area contributed by atoms with Crippen LogP contribution in [0, 0.1) is 11.3 Å². The van der Waals surface area contributed by atoms with E-state index in [9.17, 15) is 10.1 Å². The molecule has 30 heavy (non-hydrogen) atoms. The number of carbonyl (C=O) groups excluding carboxylic acids is 1. The van der Waals surface area contributed by atoms with Gasteiger partial charge in [-0.2, -0.15) is 5.26 Å². The van der Waals surface area contributed by atoms with Gasteiger partial charge in [0.2, 0.25) is 0 Å². The first-order valence-corrected chi connectivity index (χ1v) is 10.3. The second-order valence-electron chi connectivity index (χ2n) is 6.34. The van der Waals surface area contributed by atoms with Gasteiger partial charge in [0.05, 0.1) is 44.5 Å². The molecule has 4 rings (SSSR count). The Balaban J connectivity index is 1.88. The van der Waals surface area contributed by atoms with Crippen LogP contribution < -0.4 is 10.1 Å². The van der Waals surface area contributed by atoms with Crippen molar-refractivity contribution in [3.63, 3.8) is 0 Å². The highest BCUT2D eigenvalue weighted by atomic mass is 35.5. The fourth-order valence-corrected chi connectivity index (χ4v) is 4.30. The van der Waals surface area contributed by atoms with Crippen LogP contribution in [-0.4, -0.2) is 18.4 Å². The summed E-state index contributed by atoms with van der Waals surface area (Å²) in [5.74, 6) is 0.459. The molecule has 2 aromatic carbocycles. The summed E-state index contributed by atoms with van der Waals surface area (Å²) in [6.07, 6.45) is 2.34. The predicted molar refractivity (Wildman–Crippen MR) is 121 cm³/mol. The van der Waals surface area contributed by atoms with E-state index in [4.69, 9.17) is 27.9 Å². The van der Waals surface area contributed by atoms with Gasteiger partial charge in [0.25, 0.3) is 0 Å². The Hall–Kier alpha value is -3.11. The number of nitrogens with zero attached hydrogens (tertiary/aromatic N) is 2. The Morgan fingerprint density at radius 2 is 2.00 bits per heavy atom. The maximum atomic E-state index is 11.0. The summed E-state index contributed by atoms with van der Waals surface area (Å²) in [6.45, 7) is 0. The maximum Gasteiger partial charge on any atom is 0.160 e. The van der Waals surface area contributed by atoms with Gasteiger partial charge < -0.3 is 10.1 Å². The molecule has 0 unspecified atom stereocenters. The standard InChI is InChI=1S/C22H13Cl2N3O2S/c1-29-21-7-20(17(23)6-18(21)24)27-22-14(8-25)9-26-19-3-2-12(5-16(19)22)13-4-15(10-28)30-11-13/h2-7,9-11H,1H3,(H,26,27). The molecule has 8 heteroatoms. The summed E-state index contributed by atoms with van der Waals surface area (Å²) in [7, 11) is 1.52. The van der Waals surface area contributed by atoms with Gasteiger partial charge in [-0.1, -0.05) is 29.3 Å². The maximum absolute atomic E-state index is 11.0. The predicted octanol–water partition coefficient (Wildman–Crippen LogP) is 6.71. The van der Waals surface area contributed by atoms with Crippen LogP contribution in [0.2, 0.25) is 10.0 Å². The molecule has 0 amide bonds. The highest BCUT2D eigenvalue weighted by Gasteiger charge is 2.14. The van der Waals surface area contributed by atoms with E-state index in [1.807, 2.05) is 29.6 Å². The molecule has 0 radical (unpaired) electrons. The normalized spacial score (nSPS) is 10.6. The van der Waals surface area contributed by atoms with E-state index >= 15 is 0 Å². The van der Waals surface area contributed by atoms with Gasteiger partial charge in [-0.05, 0) is 40.8 Å².